The topological polar surface area (TPSA) is 221 Å². The second-order valence-corrected chi connectivity index (χ2v) is 8.22. The molecular formula is C24H31N7O6. The highest BCUT2D eigenvalue weighted by atomic mass is 16.5. The molecule has 1 atom stereocenters. The Bertz CT molecular complexity index is 1280. The van der Waals surface area contributed by atoms with E-state index in [-0.39, 0.29) is 50.7 Å². The van der Waals surface area contributed by atoms with Crippen molar-refractivity contribution >= 4 is 34.8 Å². The van der Waals surface area contributed by atoms with Gasteiger partial charge in [-0.15, -0.1) is 0 Å². The molecule has 13 heteroatoms. The van der Waals surface area contributed by atoms with Crippen molar-refractivity contribution in [2.24, 2.45) is 11.5 Å². The molecule has 0 bridgehead atoms. The van der Waals surface area contributed by atoms with Crippen LogP contribution in [0.15, 0.2) is 35.3 Å². The van der Waals surface area contributed by atoms with Crippen molar-refractivity contribution in [2.75, 3.05) is 32.0 Å². The molecule has 198 valence electrons. The summed E-state index contributed by atoms with van der Waals surface area (Å²) in [5, 5.41) is 3.07. The lowest BCUT2D eigenvalue weighted by atomic mass is 10.0. The number of nitrogen functional groups attached to an aromatic ring is 1. The molecule has 0 aliphatic heterocycles. The molecule has 2 heterocycles. The quantitative estimate of drug-likeness (QED) is 0.161. The Balaban J connectivity index is 1.61. The summed E-state index contributed by atoms with van der Waals surface area (Å²) >= 11 is 0. The van der Waals surface area contributed by atoms with E-state index in [0.29, 0.717) is 29.4 Å². The average Bonchev–Trinajstić information content (AvgIpc) is 3.30. The van der Waals surface area contributed by atoms with Crippen molar-refractivity contribution in [3.8, 4) is 0 Å². The van der Waals surface area contributed by atoms with Crippen molar-refractivity contribution in [3.05, 3.63) is 57.5 Å². The molecule has 9 N–H and O–H groups in total. The van der Waals surface area contributed by atoms with E-state index in [1.165, 1.54) is 0 Å². The van der Waals surface area contributed by atoms with Crippen LogP contribution in [-0.4, -0.2) is 65.1 Å². The highest BCUT2D eigenvalue weighted by Gasteiger charge is 2.24. The van der Waals surface area contributed by atoms with Crippen LogP contribution < -0.4 is 28.1 Å². The van der Waals surface area contributed by atoms with Crippen molar-refractivity contribution in [1.82, 2.24) is 20.3 Å². The van der Waals surface area contributed by atoms with Crippen LogP contribution >= 0.6 is 0 Å². The maximum Gasteiger partial charge on any atom is 0.328 e. The summed E-state index contributed by atoms with van der Waals surface area (Å²) in [7, 11) is 0. The van der Waals surface area contributed by atoms with E-state index < -0.39 is 23.9 Å². The van der Waals surface area contributed by atoms with Crippen LogP contribution in [0.1, 0.15) is 34.3 Å². The predicted octanol–water partition coefficient (Wildman–Crippen LogP) is -0.499. The van der Waals surface area contributed by atoms with Gasteiger partial charge in [-0.05, 0) is 42.5 Å². The number of rotatable bonds is 13. The van der Waals surface area contributed by atoms with E-state index in [4.69, 9.17) is 26.7 Å². The Morgan fingerprint density at radius 2 is 1.73 bits per heavy atom. The molecule has 0 radical (unpaired) electrons. The van der Waals surface area contributed by atoms with Gasteiger partial charge in [-0.2, -0.15) is 4.98 Å². The Morgan fingerprint density at radius 3 is 2.43 bits per heavy atom. The maximum absolute atomic E-state index is 12.8. The summed E-state index contributed by atoms with van der Waals surface area (Å²) in [4.78, 5) is 58.7. The minimum absolute atomic E-state index is 0.000885. The fraction of sp³-hybridized carbons (Fsp3) is 0.375. The van der Waals surface area contributed by atoms with Gasteiger partial charge in [0, 0.05) is 31.3 Å². The van der Waals surface area contributed by atoms with Crippen molar-refractivity contribution in [1.29, 1.82) is 0 Å². The molecule has 1 amide bonds. The van der Waals surface area contributed by atoms with E-state index in [1.807, 2.05) is 0 Å². The van der Waals surface area contributed by atoms with Crippen molar-refractivity contribution < 1.29 is 23.9 Å². The first-order chi connectivity index (χ1) is 17.8. The third-order valence-corrected chi connectivity index (χ3v) is 5.51. The molecule has 0 saturated carbocycles. The number of aromatic nitrogens is 3. The number of nitrogens with zero attached hydrogens (tertiary/aromatic N) is 1. The maximum atomic E-state index is 12.8. The molecule has 0 unspecified atom stereocenters. The van der Waals surface area contributed by atoms with E-state index in [2.05, 4.69) is 20.3 Å². The Morgan fingerprint density at radius 1 is 1.03 bits per heavy atom. The van der Waals surface area contributed by atoms with Gasteiger partial charge in [-0.3, -0.25) is 19.4 Å². The monoisotopic (exact) mass is 513 g/mol. The summed E-state index contributed by atoms with van der Waals surface area (Å²) in [5.41, 5.74) is 18.5. The molecule has 37 heavy (non-hydrogen) atoms. The zero-order valence-corrected chi connectivity index (χ0v) is 20.2. The SMILES string of the molecule is NCCOC(=O)CC[C@H](NC(=O)c1ccc(CCc2c[nH]c3nc(N)[nH]c(=O)c23)cc1)C(=O)OCCN. The van der Waals surface area contributed by atoms with Gasteiger partial charge in [-0.25, -0.2) is 4.79 Å². The number of H-pyrrole nitrogens is 2. The van der Waals surface area contributed by atoms with E-state index in [9.17, 15) is 19.2 Å². The number of hydrogen-bond donors (Lipinski definition) is 6. The second-order valence-electron chi connectivity index (χ2n) is 8.22. The number of carbonyl (C=O) groups is 3. The summed E-state index contributed by atoms with van der Waals surface area (Å²) < 4.78 is 9.96. The zero-order valence-electron chi connectivity index (χ0n) is 20.2. The number of benzene rings is 1. The highest BCUT2D eigenvalue weighted by Crippen LogP contribution is 2.16. The standard InChI is InChI=1S/C24H31N7O6/c25-9-11-36-18(32)8-7-17(23(35)37-12-10-26)29-21(33)15-4-1-14(2-5-15)3-6-16-13-28-20-19(16)22(34)31-24(27)30-20/h1-2,4-5,13,17H,3,6-12,25-26H2,(H,29,33)(H4,27,28,30,31,34)/t17-/m0/s1. The number of hydrogen-bond acceptors (Lipinski definition) is 10. The largest absolute Gasteiger partial charge is 0.464 e. The minimum Gasteiger partial charge on any atom is -0.464 e. The van der Waals surface area contributed by atoms with Crippen LogP contribution in [-0.2, 0) is 31.9 Å². The van der Waals surface area contributed by atoms with Crippen LogP contribution in [0.25, 0.3) is 11.0 Å². The molecule has 0 aliphatic carbocycles. The number of aryl methyl sites for hydroxylation is 2. The molecule has 0 saturated heterocycles. The Kier molecular flexibility index (Phi) is 9.75. The molecule has 0 fully saturated rings. The van der Waals surface area contributed by atoms with Crippen LogP contribution in [0.4, 0.5) is 5.95 Å². The number of ether oxygens (including phenoxy) is 2. The summed E-state index contributed by atoms with van der Waals surface area (Å²) in [5.74, 6) is -1.67. The third-order valence-electron chi connectivity index (χ3n) is 5.51. The fourth-order valence-electron chi connectivity index (χ4n) is 3.68. The summed E-state index contributed by atoms with van der Waals surface area (Å²) in [6.45, 7) is 0.377. The molecule has 0 spiro atoms. The Hall–Kier alpha value is -4.23. The van der Waals surface area contributed by atoms with Crippen molar-refractivity contribution in [2.45, 2.75) is 31.7 Å². The van der Waals surface area contributed by atoms with Gasteiger partial charge >= 0.3 is 11.9 Å². The molecule has 2 aromatic heterocycles. The van der Waals surface area contributed by atoms with Gasteiger partial charge in [0.1, 0.15) is 24.9 Å². The number of aromatic amines is 2. The first-order valence-electron chi connectivity index (χ1n) is 11.8. The number of nitrogens with two attached hydrogens (primary N) is 3. The third kappa shape index (κ3) is 7.62. The van der Waals surface area contributed by atoms with Gasteiger partial charge in [0.2, 0.25) is 5.95 Å². The van der Waals surface area contributed by atoms with Gasteiger partial charge < -0.3 is 37.0 Å². The van der Waals surface area contributed by atoms with Crippen LogP contribution in [0.5, 0.6) is 0 Å². The van der Waals surface area contributed by atoms with Gasteiger partial charge in [0.25, 0.3) is 11.5 Å². The lowest BCUT2D eigenvalue weighted by molar-refractivity contribution is -0.147. The number of esters is 2. The second kappa shape index (κ2) is 13.2. The molecule has 3 aromatic rings. The fourth-order valence-corrected chi connectivity index (χ4v) is 3.68. The normalized spacial score (nSPS) is 11.7. The molecule has 13 nitrogen and oxygen atoms in total. The van der Waals surface area contributed by atoms with E-state index in [0.717, 1.165) is 11.1 Å². The first-order valence-corrected chi connectivity index (χ1v) is 11.8. The molecule has 1 aromatic carbocycles. The van der Waals surface area contributed by atoms with Crippen LogP contribution in [0.2, 0.25) is 0 Å². The number of amides is 1. The highest BCUT2D eigenvalue weighted by molar-refractivity contribution is 5.96. The number of fused-ring (bicyclic) bond motifs is 1. The number of anilines is 1. The first kappa shape index (κ1) is 27.4. The Labute approximate surface area is 212 Å². The smallest absolute Gasteiger partial charge is 0.328 e. The average molecular weight is 514 g/mol. The van der Waals surface area contributed by atoms with Crippen LogP contribution in [0, 0.1) is 0 Å². The summed E-state index contributed by atoms with van der Waals surface area (Å²) in [6.07, 6.45) is 2.80. The minimum atomic E-state index is -1.05. The lowest BCUT2D eigenvalue weighted by Gasteiger charge is -2.17. The molecule has 0 aliphatic rings. The zero-order chi connectivity index (χ0) is 26.8. The predicted molar refractivity (Wildman–Crippen MR) is 135 cm³/mol. The van der Waals surface area contributed by atoms with Crippen LogP contribution in [0.3, 0.4) is 0 Å². The van der Waals surface area contributed by atoms with Gasteiger partial charge in [0.05, 0.1) is 5.39 Å². The number of nitrogens with one attached hydrogen (secondary N) is 3. The summed E-state index contributed by atoms with van der Waals surface area (Å²) in [6, 6.07) is 5.79. The van der Waals surface area contributed by atoms with Gasteiger partial charge in [0.15, 0.2) is 0 Å². The van der Waals surface area contributed by atoms with Crippen molar-refractivity contribution in [3.63, 3.8) is 0 Å². The van der Waals surface area contributed by atoms with E-state index in [1.54, 1.807) is 30.5 Å². The molecular weight excluding hydrogens is 482 g/mol. The van der Waals surface area contributed by atoms with E-state index >= 15 is 0 Å². The molecule has 3 rings (SSSR count). The number of carbonyl (C=O) groups excluding carboxylic acids is 3. The lowest BCUT2D eigenvalue weighted by Crippen LogP contribution is -2.42. The van der Waals surface area contributed by atoms with Gasteiger partial charge in [-0.1, -0.05) is 12.1 Å².